The van der Waals surface area contributed by atoms with E-state index in [2.05, 4.69) is 0 Å². The normalized spacial score (nSPS) is 21.2. The van der Waals surface area contributed by atoms with Gasteiger partial charge in [0, 0.05) is 40.3 Å². The molecule has 0 aliphatic carbocycles. The maximum absolute atomic E-state index is 12.8. The third kappa shape index (κ3) is 3.51. The van der Waals surface area contributed by atoms with Crippen molar-refractivity contribution < 1.29 is 22.7 Å². The second-order valence-electron chi connectivity index (χ2n) is 6.68. The Labute approximate surface area is 154 Å². The third-order valence-electron chi connectivity index (χ3n) is 4.86. The zero-order valence-corrected chi connectivity index (χ0v) is 16.2. The van der Waals surface area contributed by atoms with Crippen LogP contribution < -0.4 is 9.47 Å². The number of para-hydroxylation sites is 1. The maximum atomic E-state index is 12.8. The summed E-state index contributed by atoms with van der Waals surface area (Å²) in [7, 11) is 1.19. The van der Waals surface area contributed by atoms with E-state index in [-0.39, 0.29) is 11.8 Å². The molecule has 0 saturated carbocycles. The Hall–Kier alpha value is -1.84. The van der Waals surface area contributed by atoms with Crippen LogP contribution >= 0.6 is 0 Å². The molecule has 8 nitrogen and oxygen atoms in total. The number of methoxy groups -OCH3 is 1. The molecule has 9 heteroatoms. The Balaban J connectivity index is 1.63. The molecule has 1 atom stereocenters. The zero-order chi connectivity index (χ0) is 18.9. The lowest BCUT2D eigenvalue weighted by Gasteiger charge is -2.37. The Bertz CT molecular complexity index is 773. The van der Waals surface area contributed by atoms with Gasteiger partial charge in [0.15, 0.2) is 11.5 Å². The Morgan fingerprint density at radius 2 is 1.92 bits per heavy atom. The smallest absolute Gasteiger partial charge is 0.281 e. The van der Waals surface area contributed by atoms with E-state index in [4.69, 9.17) is 9.47 Å². The molecule has 1 fully saturated rings. The van der Waals surface area contributed by atoms with Crippen LogP contribution in [0.4, 0.5) is 0 Å². The summed E-state index contributed by atoms with van der Waals surface area (Å²) in [6.45, 7) is 1.72. The van der Waals surface area contributed by atoms with Gasteiger partial charge in [-0.05, 0) is 18.1 Å². The van der Waals surface area contributed by atoms with Crippen LogP contribution in [0.25, 0.3) is 0 Å². The molecule has 0 radical (unpaired) electrons. The quantitative estimate of drug-likeness (QED) is 0.742. The average Bonchev–Trinajstić information content (AvgIpc) is 2.66. The van der Waals surface area contributed by atoms with E-state index in [1.165, 1.54) is 22.7 Å². The molecule has 2 aliphatic heterocycles. The van der Waals surface area contributed by atoms with E-state index < -0.39 is 10.2 Å². The van der Waals surface area contributed by atoms with E-state index in [0.29, 0.717) is 50.7 Å². The van der Waals surface area contributed by atoms with Crippen molar-refractivity contribution in [3.63, 3.8) is 0 Å². The van der Waals surface area contributed by atoms with Gasteiger partial charge < -0.3 is 14.4 Å². The summed E-state index contributed by atoms with van der Waals surface area (Å²) in [5.74, 6) is 1.14. The first kappa shape index (κ1) is 18.9. The largest absolute Gasteiger partial charge is 0.493 e. The van der Waals surface area contributed by atoms with Gasteiger partial charge in [0.05, 0.1) is 13.0 Å². The maximum Gasteiger partial charge on any atom is 0.281 e. The molecular formula is C17H25N3O5S. The fourth-order valence-corrected chi connectivity index (χ4v) is 4.43. The van der Waals surface area contributed by atoms with Gasteiger partial charge in [0.2, 0.25) is 5.91 Å². The van der Waals surface area contributed by atoms with E-state index in [9.17, 15) is 13.2 Å². The van der Waals surface area contributed by atoms with Gasteiger partial charge in [-0.25, -0.2) is 0 Å². The Morgan fingerprint density at radius 3 is 2.54 bits per heavy atom. The van der Waals surface area contributed by atoms with Crippen LogP contribution in [-0.4, -0.2) is 81.8 Å². The van der Waals surface area contributed by atoms with Crippen LogP contribution in [0, 0.1) is 5.92 Å². The van der Waals surface area contributed by atoms with Crippen molar-refractivity contribution in [3.8, 4) is 11.5 Å². The van der Waals surface area contributed by atoms with Gasteiger partial charge in [0.25, 0.3) is 10.2 Å². The Kier molecular flexibility index (Phi) is 5.40. The number of ether oxygens (including phenoxy) is 2. The standard InChI is InChI=1S/C17H25N3O5S/c1-18(2)26(22,23)20-9-7-19(8-10-20)17(21)14-11-13-5-4-6-15(24-3)16(13)25-12-14/h4-6,14H,7-12H2,1-3H3/t14-/m0/s1. The van der Waals surface area contributed by atoms with E-state index in [1.54, 1.807) is 12.0 Å². The molecule has 0 spiro atoms. The molecule has 26 heavy (non-hydrogen) atoms. The highest BCUT2D eigenvalue weighted by Crippen LogP contribution is 2.36. The number of rotatable bonds is 4. The number of piperazine rings is 1. The Morgan fingerprint density at radius 1 is 1.23 bits per heavy atom. The number of hydrogen-bond donors (Lipinski definition) is 0. The third-order valence-corrected chi connectivity index (χ3v) is 6.80. The minimum atomic E-state index is -3.43. The number of hydrogen-bond acceptors (Lipinski definition) is 5. The summed E-state index contributed by atoms with van der Waals surface area (Å²) in [5, 5.41) is 0. The summed E-state index contributed by atoms with van der Waals surface area (Å²) in [6, 6.07) is 5.67. The number of amides is 1. The first-order valence-corrected chi connectivity index (χ1v) is 9.99. The van der Waals surface area contributed by atoms with Crippen LogP contribution in [-0.2, 0) is 21.4 Å². The SMILES string of the molecule is COc1cccc2c1OC[C@@H](C(=O)N1CCN(S(=O)(=O)N(C)C)CC1)C2. The number of carbonyl (C=O) groups is 1. The van der Waals surface area contributed by atoms with Gasteiger partial charge >= 0.3 is 0 Å². The summed E-state index contributed by atoms with van der Waals surface area (Å²) >= 11 is 0. The first-order valence-electron chi connectivity index (χ1n) is 8.59. The average molecular weight is 383 g/mol. The van der Waals surface area contributed by atoms with Gasteiger partial charge in [-0.1, -0.05) is 12.1 Å². The second kappa shape index (κ2) is 7.42. The molecular weight excluding hydrogens is 358 g/mol. The number of carbonyl (C=O) groups excluding carboxylic acids is 1. The zero-order valence-electron chi connectivity index (χ0n) is 15.3. The number of nitrogens with zero attached hydrogens (tertiary/aromatic N) is 3. The number of fused-ring (bicyclic) bond motifs is 1. The summed E-state index contributed by atoms with van der Waals surface area (Å²) in [5.41, 5.74) is 0.961. The van der Waals surface area contributed by atoms with E-state index in [0.717, 1.165) is 5.56 Å². The van der Waals surface area contributed by atoms with Crippen molar-refractivity contribution in [3.05, 3.63) is 23.8 Å². The molecule has 2 heterocycles. The minimum Gasteiger partial charge on any atom is -0.493 e. The highest BCUT2D eigenvalue weighted by molar-refractivity contribution is 7.86. The van der Waals surface area contributed by atoms with E-state index in [1.807, 2.05) is 18.2 Å². The molecule has 0 unspecified atom stereocenters. The molecule has 0 bridgehead atoms. The molecule has 144 valence electrons. The molecule has 3 rings (SSSR count). The number of benzene rings is 1. The van der Waals surface area contributed by atoms with Gasteiger partial charge in [-0.2, -0.15) is 17.0 Å². The molecule has 1 amide bonds. The van der Waals surface area contributed by atoms with Gasteiger partial charge in [-0.15, -0.1) is 0 Å². The first-order chi connectivity index (χ1) is 12.3. The van der Waals surface area contributed by atoms with Crippen molar-refractivity contribution in [2.75, 3.05) is 54.0 Å². The molecule has 1 saturated heterocycles. The molecule has 1 aromatic rings. The monoisotopic (exact) mass is 383 g/mol. The predicted molar refractivity (Wildman–Crippen MR) is 96.4 cm³/mol. The van der Waals surface area contributed by atoms with Gasteiger partial charge in [0.1, 0.15) is 6.61 Å². The molecule has 1 aromatic carbocycles. The van der Waals surface area contributed by atoms with Crippen molar-refractivity contribution >= 4 is 16.1 Å². The summed E-state index contributed by atoms with van der Waals surface area (Å²) < 4.78 is 38.1. The van der Waals surface area contributed by atoms with Gasteiger partial charge in [-0.3, -0.25) is 4.79 Å². The van der Waals surface area contributed by atoms with Crippen molar-refractivity contribution in [2.45, 2.75) is 6.42 Å². The molecule has 0 N–H and O–H groups in total. The topological polar surface area (TPSA) is 79.4 Å². The van der Waals surface area contributed by atoms with Crippen molar-refractivity contribution in [1.82, 2.24) is 13.5 Å². The predicted octanol–water partition coefficient (Wildman–Crippen LogP) is 0.197. The summed E-state index contributed by atoms with van der Waals surface area (Å²) in [6.07, 6.45) is 0.599. The molecule has 0 aromatic heterocycles. The van der Waals surface area contributed by atoms with Crippen molar-refractivity contribution in [2.24, 2.45) is 5.92 Å². The second-order valence-corrected chi connectivity index (χ2v) is 8.82. The van der Waals surface area contributed by atoms with Crippen molar-refractivity contribution in [1.29, 1.82) is 0 Å². The van der Waals surface area contributed by atoms with E-state index >= 15 is 0 Å². The highest BCUT2D eigenvalue weighted by Gasteiger charge is 2.35. The van der Waals surface area contributed by atoms with Crippen LogP contribution in [0.5, 0.6) is 11.5 Å². The van der Waals surface area contributed by atoms with Crippen LogP contribution in [0.15, 0.2) is 18.2 Å². The fraction of sp³-hybridized carbons (Fsp3) is 0.588. The van der Waals surface area contributed by atoms with Crippen LogP contribution in [0.2, 0.25) is 0 Å². The lowest BCUT2D eigenvalue weighted by molar-refractivity contribution is -0.138. The van der Waals surface area contributed by atoms with Crippen LogP contribution in [0.1, 0.15) is 5.56 Å². The highest BCUT2D eigenvalue weighted by atomic mass is 32.2. The van der Waals surface area contributed by atoms with Crippen LogP contribution in [0.3, 0.4) is 0 Å². The lowest BCUT2D eigenvalue weighted by atomic mass is 9.95. The fourth-order valence-electron chi connectivity index (χ4n) is 3.34. The molecule has 2 aliphatic rings. The summed E-state index contributed by atoms with van der Waals surface area (Å²) in [4.78, 5) is 14.6. The minimum absolute atomic E-state index is 0.0142. The lowest BCUT2D eigenvalue weighted by Crippen LogP contribution is -2.54.